The van der Waals surface area contributed by atoms with Gasteiger partial charge in [0, 0.05) is 24.0 Å². The monoisotopic (exact) mass is 457 g/mol. The SMILES string of the molecule is C=CCC(C)C(=CC=CCC)Cn1cc(CC)c2c1C=C(c1c(C)oc(C)c1C)C=C(C)CC2. The molecule has 1 unspecified atom stereocenters. The zero-order valence-electron chi connectivity index (χ0n) is 22.4. The Morgan fingerprint density at radius 3 is 2.50 bits per heavy atom. The van der Waals surface area contributed by atoms with Gasteiger partial charge >= 0.3 is 0 Å². The van der Waals surface area contributed by atoms with Crippen molar-refractivity contribution in [2.45, 2.75) is 87.1 Å². The van der Waals surface area contributed by atoms with Gasteiger partial charge in [0.1, 0.15) is 11.5 Å². The third-order valence-electron chi connectivity index (χ3n) is 7.20. The number of aryl methyl sites for hydroxylation is 3. The molecule has 0 radical (unpaired) electrons. The molecule has 0 saturated heterocycles. The maximum absolute atomic E-state index is 6.03. The second-order valence-corrected chi connectivity index (χ2v) is 9.81. The van der Waals surface area contributed by atoms with Gasteiger partial charge in [-0.1, -0.05) is 56.7 Å². The second kappa shape index (κ2) is 11.6. The summed E-state index contributed by atoms with van der Waals surface area (Å²) in [4.78, 5) is 0. The molecular formula is C32H43NO. The van der Waals surface area contributed by atoms with E-state index in [1.807, 2.05) is 6.08 Å². The van der Waals surface area contributed by atoms with Gasteiger partial charge in [0.05, 0.1) is 0 Å². The molecule has 0 spiro atoms. The molecule has 0 saturated carbocycles. The summed E-state index contributed by atoms with van der Waals surface area (Å²) in [5, 5.41) is 0. The van der Waals surface area contributed by atoms with E-state index in [1.165, 1.54) is 44.7 Å². The first-order valence-electron chi connectivity index (χ1n) is 12.9. The molecule has 0 fully saturated rings. The minimum absolute atomic E-state index is 0.460. The van der Waals surface area contributed by atoms with Crippen LogP contribution in [0.15, 0.2) is 58.7 Å². The summed E-state index contributed by atoms with van der Waals surface area (Å²) >= 11 is 0. The molecule has 1 atom stereocenters. The zero-order chi connectivity index (χ0) is 24.8. The van der Waals surface area contributed by atoms with Crippen LogP contribution in [0.1, 0.15) is 86.4 Å². The molecule has 2 heteroatoms. The standard InChI is InChI=1S/C32H43NO/c1-9-12-13-15-28(23(5)14-10-2)21-33-20-27(11-3)30-17-16-22(4)18-29(19-31(30)33)32-24(6)25(7)34-26(32)8/h10,12-13,15,18-20,23H,2,9,11,14,16-17,21H2,1,3-8H3. The van der Waals surface area contributed by atoms with Crippen molar-refractivity contribution in [2.75, 3.05) is 0 Å². The van der Waals surface area contributed by atoms with Gasteiger partial charge in [-0.2, -0.15) is 0 Å². The summed E-state index contributed by atoms with van der Waals surface area (Å²) < 4.78 is 8.52. The van der Waals surface area contributed by atoms with Gasteiger partial charge in [-0.05, 0) is 99.6 Å². The van der Waals surface area contributed by atoms with E-state index in [-0.39, 0.29) is 0 Å². The predicted molar refractivity (Wildman–Crippen MR) is 148 cm³/mol. The third kappa shape index (κ3) is 5.66. The number of hydrogen-bond acceptors (Lipinski definition) is 1. The van der Waals surface area contributed by atoms with Crippen LogP contribution in [0, 0.1) is 26.7 Å². The largest absolute Gasteiger partial charge is 0.466 e. The Bertz CT molecular complexity index is 1140. The van der Waals surface area contributed by atoms with Crippen molar-refractivity contribution < 1.29 is 4.42 Å². The molecule has 2 aromatic rings. The maximum atomic E-state index is 6.03. The highest BCUT2D eigenvalue weighted by Gasteiger charge is 2.21. The first-order valence-corrected chi connectivity index (χ1v) is 12.9. The van der Waals surface area contributed by atoms with E-state index < -0.39 is 0 Å². The smallest absolute Gasteiger partial charge is 0.109 e. The molecule has 2 heterocycles. The highest BCUT2D eigenvalue weighted by Crippen LogP contribution is 2.35. The van der Waals surface area contributed by atoms with Crippen LogP contribution in [-0.4, -0.2) is 4.57 Å². The minimum atomic E-state index is 0.460. The van der Waals surface area contributed by atoms with E-state index in [2.05, 4.69) is 96.2 Å². The number of rotatable bonds is 9. The second-order valence-electron chi connectivity index (χ2n) is 9.81. The Balaban J connectivity index is 2.18. The number of nitrogens with zero attached hydrogens (tertiary/aromatic N) is 1. The van der Waals surface area contributed by atoms with Gasteiger partial charge in [0.25, 0.3) is 0 Å². The van der Waals surface area contributed by atoms with Crippen molar-refractivity contribution in [1.82, 2.24) is 4.57 Å². The van der Waals surface area contributed by atoms with Gasteiger partial charge in [0.2, 0.25) is 0 Å². The minimum Gasteiger partial charge on any atom is -0.466 e. The molecular weight excluding hydrogens is 414 g/mol. The van der Waals surface area contributed by atoms with Crippen LogP contribution in [0.4, 0.5) is 0 Å². The van der Waals surface area contributed by atoms with Crippen molar-refractivity contribution in [2.24, 2.45) is 5.92 Å². The molecule has 1 aliphatic rings. The number of aromatic nitrogens is 1. The summed E-state index contributed by atoms with van der Waals surface area (Å²) in [7, 11) is 0. The average Bonchev–Trinajstić information content (AvgIpc) is 3.24. The Morgan fingerprint density at radius 2 is 1.88 bits per heavy atom. The molecule has 1 aliphatic carbocycles. The Hall–Kier alpha value is -2.74. The first kappa shape index (κ1) is 25.9. The van der Waals surface area contributed by atoms with Crippen molar-refractivity contribution in [1.29, 1.82) is 0 Å². The van der Waals surface area contributed by atoms with E-state index in [0.717, 1.165) is 50.2 Å². The molecule has 2 aromatic heterocycles. The molecule has 0 amide bonds. The Kier molecular flexibility index (Phi) is 8.83. The lowest BCUT2D eigenvalue weighted by molar-refractivity contribution is 0.502. The summed E-state index contributed by atoms with van der Waals surface area (Å²) in [5.74, 6) is 2.48. The van der Waals surface area contributed by atoms with E-state index in [0.29, 0.717) is 5.92 Å². The Labute approximate surface area is 207 Å². The molecule has 0 bridgehead atoms. The first-order chi connectivity index (χ1) is 16.3. The number of furan rings is 1. The van der Waals surface area contributed by atoms with E-state index in [4.69, 9.17) is 4.42 Å². The Morgan fingerprint density at radius 1 is 1.12 bits per heavy atom. The van der Waals surface area contributed by atoms with E-state index in [9.17, 15) is 0 Å². The van der Waals surface area contributed by atoms with E-state index in [1.54, 1.807) is 0 Å². The molecule has 2 nitrogen and oxygen atoms in total. The maximum Gasteiger partial charge on any atom is 0.109 e. The lowest BCUT2D eigenvalue weighted by Crippen LogP contribution is -2.09. The van der Waals surface area contributed by atoms with Gasteiger partial charge in [-0.3, -0.25) is 0 Å². The topological polar surface area (TPSA) is 18.1 Å². The van der Waals surface area contributed by atoms with Crippen molar-refractivity contribution >= 4 is 11.6 Å². The van der Waals surface area contributed by atoms with Gasteiger partial charge in [-0.15, -0.1) is 6.58 Å². The highest BCUT2D eigenvalue weighted by atomic mass is 16.3. The average molecular weight is 458 g/mol. The summed E-state index contributed by atoms with van der Waals surface area (Å²) in [6.45, 7) is 20.3. The van der Waals surface area contributed by atoms with Crippen LogP contribution in [-0.2, 0) is 19.4 Å². The van der Waals surface area contributed by atoms with Crippen molar-refractivity contribution in [3.05, 3.63) is 93.8 Å². The van der Waals surface area contributed by atoms with Crippen LogP contribution in [0.25, 0.3) is 11.6 Å². The van der Waals surface area contributed by atoms with Gasteiger partial charge in [-0.25, -0.2) is 0 Å². The van der Waals surface area contributed by atoms with Crippen LogP contribution in [0.5, 0.6) is 0 Å². The number of fused-ring (bicyclic) bond motifs is 1. The van der Waals surface area contributed by atoms with Crippen molar-refractivity contribution in [3.63, 3.8) is 0 Å². The van der Waals surface area contributed by atoms with Gasteiger partial charge < -0.3 is 8.98 Å². The fourth-order valence-electron chi connectivity index (χ4n) is 5.08. The lowest BCUT2D eigenvalue weighted by atomic mass is 9.91. The van der Waals surface area contributed by atoms with Gasteiger partial charge in [0.15, 0.2) is 0 Å². The molecule has 3 rings (SSSR count). The van der Waals surface area contributed by atoms with Crippen LogP contribution < -0.4 is 0 Å². The summed E-state index contributed by atoms with van der Waals surface area (Å²) in [5.41, 5.74) is 11.0. The number of hydrogen-bond donors (Lipinski definition) is 0. The van der Waals surface area contributed by atoms with Crippen LogP contribution in [0.2, 0.25) is 0 Å². The van der Waals surface area contributed by atoms with Crippen LogP contribution >= 0.6 is 0 Å². The fraction of sp³-hybridized carbons (Fsp3) is 0.438. The molecule has 34 heavy (non-hydrogen) atoms. The van der Waals surface area contributed by atoms with E-state index >= 15 is 0 Å². The molecule has 182 valence electrons. The van der Waals surface area contributed by atoms with Crippen LogP contribution in [0.3, 0.4) is 0 Å². The molecule has 0 N–H and O–H groups in total. The lowest BCUT2D eigenvalue weighted by Gasteiger charge is -2.18. The number of allylic oxidation sites excluding steroid dienone is 8. The predicted octanol–water partition coefficient (Wildman–Crippen LogP) is 9.11. The highest BCUT2D eigenvalue weighted by molar-refractivity contribution is 5.90. The van der Waals surface area contributed by atoms with Crippen molar-refractivity contribution in [3.8, 4) is 0 Å². The fourth-order valence-corrected chi connectivity index (χ4v) is 5.08. The summed E-state index contributed by atoms with van der Waals surface area (Å²) in [6.07, 6.45) is 21.3. The molecule has 0 aliphatic heterocycles. The zero-order valence-corrected chi connectivity index (χ0v) is 22.4. The summed E-state index contributed by atoms with van der Waals surface area (Å²) in [6, 6.07) is 0. The molecule has 0 aromatic carbocycles. The third-order valence-corrected chi connectivity index (χ3v) is 7.20. The normalized spacial score (nSPS) is 15.6. The quantitative estimate of drug-likeness (QED) is 0.271.